The molecule has 1 aromatic carbocycles. The lowest BCUT2D eigenvalue weighted by Crippen LogP contribution is -2.25. The fourth-order valence-electron chi connectivity index (χ4n) is 1.72. The number of phenols is 2. The molecule has 6 heteroatoms. The highest BCUT2D eigenvalue weighted by atomic mass is 16.3. The quantitative estimate of drug-likeness (QED) is 0.710. The molecule has 0 spiro atoms. The second-order valence-electron chi connectivity index (χ2n) is 4.23. The number of benzene rings is 1. The number of nitrogens with one attached hydrogen (secondary N) is 1. The van der Waals surface area contributed by atoms with Crippen molar-refractivity contribution in [2.45, 2.75) is 6.42 Å². The number of aromatic nitrogens is 2. The Bertz CT molecular complexity index is 593. The first-order valence-electron chi connectivity index (χ1n) is 5.84. The fraction of sp³-hybridized carbons (Fsp3) is 0.231. The Balaban J connectivity index is 1.92. The van der Waals surface area contributed by atoms with Gasteiger partial charge in [0.15, 0.2) is 0 Å². The maximum atomic E-state index is 11.8. The SMILES string of the molecule is Cn1cc(CCNC(=O)c2cc(O)ccc2O)cn1. The van der Waals surface area contributed by atoms with Gasteiger partial charge in [-0.15, -0.1) is 0 Å². The summed E-state index contributed by atoms with van der Waals surface area (Å²) in [6.45, 7) is 0.430. The molecule has 3 N–H and O–H groups in total. The smallest absolute Gasteiger partial charge is 0.255 e. The summed E-state index contributed by atoms with van der Waals surface area (Å²) in [6, 6.07) is 3.84. The van der Waals surface area contributed by atoms with Crippen LogP contribution in [0.5, 0.6) is 11.5 Å². The summed E-state index contributed by atoms with van der Waals surface area (Å²) in [7, 11) is 1.83. The van der Waals surface area contributed by atoms with Crippen LogP contribution < -0.4 is 5.32 Å². The zero-order valence-corrected chi connectivity index (χ0v) is 10.5. The highest BCUT2D eigenvalue weighted by Crippen LogP contribution is 2.21. The Morgan fingerprint density at radius 1 is 1.42 bits per heavy atom. The molecule has 0 unspecified atom stereocenters. The maximum Gasteiger partial charge on any atom is 0.255 e. The third-order valence-corrected chi connectivity index (χ3v) is 2.68. The van der Waals surface area contributed by atoms with Crippen molar-refractivity contribution in [1.29, 1.82) is 0 Å². The third-order valence-electron chi connectivity index (χ3n) is 2.68. The van der Waals surface area contributed by atoms with E-state index in [4.69, 9.17) is 0 Å². The van der Waals surface area contributed by atoms with E-state index >= 15 is 0 Å². The number of aryl methyl sites for hydroxylation is 1. The molecule has 1 heterocycles. The molecule has 1 aromatic heterocycles. The fourth-order valence-corrected chi connectivity index (χ4v) is 1.72. The average molecular weight is 261 g/mol. The van der Waals surface area contributed by atoms with Crippen molar-refractivity contribution >= 4 is 5.91 Å². The minimum atomic E-state index is -0.419. The van der Waals surface area contributed by atoms with Crippen molar-refractivity contribution in [3.8, 4) is 11.5 Å². The van der Waals surface area contributed by atoms with Crippen molar-refractivity contribution in [1.82, 2.24) is 15.1 Å². The lowest BCUT2D eigenvalue weighted by atomic mass is 10.1. The van der Waals surface area contributed by atoms with Gasteiger partial charge in [0, 0.05) is 19.8 Å². The summed E-state index contributed by atoms with van der Waals surface area (Å²) >= 11 is 0. The van der Waals surface area contributed by atoms with Crippen LogP contribution in [0.25, 0.3) is 0 Å². The van der Waals surface area contributed by atoms with Gasteiger partial charge >= 0.3 is 0 Å². The van der Waals surface area contributed by atoms with Crippen molar-refractivity contribution in [2.75, 3.05) is 6.54 Å². The van der Waals surface area contributed by atoms with Crippen molar-refractivity contribution in [3.63, 3.8) is 0 Å². The van der Waals surface area contributed by atoms with Crippen LogP contribution in [0.2, 0.25) is 0 Å². The zero-order chi connectivity index (χ0) is 13.8. The van der Waals surface area contributed by atoms with E-state index in [1.165, 1.54) is 18.2 Å². The number of carbonyl (C=O) groups is 1. The largest absolute Gasteiger partial charge is 0.508 e. The highest BCUT2D eigenvalue weighted by molar-refractivity contribution is 5.97. The molecule has 0 atom stereocenters. The summed E-state index contributed by atoms with van der Waals surface area (Å²) in [4.78, 5) is 11.8. The van der Waals surface area contributed by atoms with Gasteiger partial charge in [0.05, 0.1) is 11.8 Å². The van der Waals surface area contributed by atoms with Gasteiger partial charge in [-0.05, 0) is 30.2 Å². The van der Waals surface area contributed by atoms with Gasteiger partial charge in [0.25, 0.3) is 5.91 Å². The number of hydrogen-bond donors (Lipinski definition) is 3. The molecule has 2 rings (SSSR count). The molecule has 1 amide bonds. The summed E-state index contributed by atoms with van der Waals surface area (Å²) in [5.74, 6) is -0.635. The van der Waals surface area contributed by atoms with Crippen LogP contribution in [0, 0.1) is 0 Å². The van der Waals surface area contributed by atoms with Crippen molar-refractivity contribution < 1.29 is 15.0 Å². The minimum Gasteiger partial charge on any atom is -0.508 e. The summed E-state index contributed by atoms with van der Waals surface area (Å²) in [5.41, 5.74) is 1.08. The number of carbonyl (C=O) groups excluding carboxylic acids is 1. The number of aromatic hydroxyl groups is 2. The summed E-state index contributed by atoms with van der Waals surface area (Å²) in [5, 5.41) is 25.5. The topological polar surface area (TPSA) is 87.4 Å². The van der Waals surface area contributed by atoms with Crippen LogP contribution in [-0.4, -0.2) is 32.4 Å². The van der Waals surface area contributed by atoms with E-state index in [2.05, 4.69) is 10.4 Å². The van der Waals surface area contributed by atoms with Crippen LogP contribution in [0.3, 0.4) is 0 Å². The van der Waals surface area contributed by atoms with Crippen molar-refractivity contribution in [2.24, 2.45) is 7.05 Å². The van der Waals surface area contributed by atoms with Gasteiger partial charge in [-0.25, -0.2) is 0 Å². The predicted molar refractivity (Wildman–Crippen MR) is 69.0 cm³/mol. The lowest BCUT2D eigenvalue weighted by Gasteiger charge is -2.06. The molecule has 0 aliphatic heterocycles. The Hall–Kier alpha value is -2.50. The summed E-state index contributed by atoms with van der Waals surface area (Å²) in [6.07, 6.45) is 4.26. The number of hydrogen-bond acceptors (Lipinski definition) is 4. The van der Waals surface area contributed by atoms with E-state index < -0.39 is 5.91 Å². The molecule has 6 nitrogen and oxygen atoms in total. The Morgan fingerprint density at radius 3 is 2.89 bits per heavy atom. The molecular formula is C13H15N3O3. The number of phenolic OH excluding ortho intramolecular Hbond substituents is 2. The Labute approximate surface area is 110 Å². The highest BCUT2D eigenvalue weighted by Gasteiger charge is 2.11. The van der Waals surface area contributed by atoms with Gasteiger partial charge < -0.3 is 15.5 Å². The Morgan fingerprint density at radius 2 is 2.21 bits per heavy atom. The number of nitrogens with zero attached hydrogens (tertiary/aromatic N) is 2. The van der Waals surface area contributed by atoms with Gasteiger partial charge in [0.2, 0.25) is 0 Å². The number of amides is 1. The first-order valence-corrected chi connectivity index (χ1v) is 5.84. The Kier molecular flexibility index (Phi) is 3.70. The molecule has 0 fully saturated rings. The van der Waals surface area contributed by atoms with Crippen LogP contribution in [0.1, 0.15) is 15.9 Å². The molecule has 0 bridgehead atoms. The first-order chi connectivity index (χ1) is 9.06. The van der Waals surface area contributed by atoms with Crippen LogP contribution in [0.4, 0.5) is 0 Å². The van der Waals surface area contributed by atoms with E-state index in [9.17, 15) is 15.0 Å². The molecule has 100 valence electrons. The van der Waals surface area contributed by atoms with Crippen molar-refractivity contribution in [3.05, 3.63) is 41.7 Å². The first kappa shape index (κ1) is 12.9. The van der Waals surface area contributed by atoms with Gasteiger partial charge in [-0.2, -0.15) is 5.10 Å². The molecule has 0 aliphatic carbocycles. The average Bonchev–Trinajstić information content (AvgIpc) is 2.78. The standard InChI is InChI=1S/C13H15N3O3/c1-16-8-9(7-15-16)4-5-14-13(19)11-6-10(17)2-3-12(11)18/h2-3,6-8,17-18H,4-5H2,1H3,(H,14,19). The summed E-state index contributed by atoms with van der Waals surface area (Å²) < 4.78 is 1.69. The molecule has 19 heavy (non-hydrogen) atoms. The van der Waals surface area contributed by atoms with E-state index in [0.717, 1.165) is 5.56 Å². The maximum absolute atomic E-state index is 11.8. The van der Waals surface area contributed by atoms with Crippen LogP contribution in [0.15, 0.2) is 30.6 Å². The van der Waals surface area contributed by atoms with E-state index in [0.29, 0.717) is 13.0 Å². The molecule has 0 saturated carbocycles. The molecule has 0 aliphatic rings. The third kappa shape index (κ3) is 3.25. The normalized spacial score (nSPS) is 10.4. The lowest BCUT2D eigenvalue weighted by molar-refractivity contribution is 0.0951. The minimum absolute atomic E-state index is 0.0600. The monoisotopic (exact) mass is 261 g/mol. The molecule has 2 aromatic rings. The molecule has 0 radical (unpaired) electrons. The second kappa shape index (κ2) is 5.43. The van der Waals surface area contributed by atoms with Gasteiger partial charge in [-0.1, -0.05) is 0 Å². The van der Waals surface area contributed by atoms with Crippen LogP contribution >= 0.6 is 0 Å². The van der Waals surface area contributed by atoms with Crippen LogP contribution in [-0.2, 0) is 13.5 Å². The second-order valence-corrected chi connectivity index (χ2v) is 4.23. The number of rotatable bonds is 4. The van der Waals surface area contributed by atoms with E-state index in [-0.39, 0.29) is 17.1 Å². The van der Waals surface area contributed by atoms with E-state index in [1.54, 1.807) is 10.9 Å². The predicted octanol–water partition coefficient (Wildman–Crippen LogP) is 0.804. The van der Waals surface area contributed by atoms with Gasteiger partial charge in [-0.3, -0.25) is 9.48 Å². The van der Waals surface area contributed by atoms with Gasteiger partial charge in [0.1, 0.15) is 11.5 Å². The van der Waals surface area contributed by atoms with E-state index in [1.807, 2.05) is 13.2 Å². The zero-order valence-electron chi connectivity index (χ0n) is 10.5. The molecular weight excluding hydrogens is 246 g/mol. The molecule has 0 saturated heterocycles.